The second-order valence-corrected chi connectivity index (χ2v) is 5.45. The van der Waals surface area contributed by atoms with Gasteiger partial charge < -0.3 is 15.4 Å². The van der Waals surface area contributed by atoms with Crippen LogP contribution in [0.25, 0.3) is 0 Å². The summed E-state index contributed by atoms with van der Waals surface area (Å²) in [5, 5.41) is 15.2. The van der Waals surface area contributed by atoms with E-state index < -0.39 is 5.91 Å². The number of ether oxygens (including phenoxy) is 1. The SMILES string of the molecule is COc1ccccc1CN/C(C)=C(/C#N)C(=O)NCc1ccccc1. The predicted molar refractivity (Wildman–Crippen MR) is 96.4 cm³/mol. The van der Waals surface area contributed by atoms with E-state index in [4.69, 9.17) is 4.74 Å². The number of carbonyl (C=O) groups is 1. The van der Waals surface area contributed by atoms with E-state index >= 15 is 0 Å². The van der Waals surface area contributed by atoms with Gasteiger partial charge in [-0.1, -0.05) is 48.5 Å². The highest BCUT2D eigenvalue weighted by Gasteiger charge is 2.13. The van der Waals surface area contributed by atoms with Crippen LogP contribution in [0.5, 0.6) is 5.75 Å². The summed E-state index contributed by atoms with van der Waals surface area (Å²) in [6.45, 7) is 2.56. The Morgan fingerprint density at radius 1 is 1.04 bits per heavy atom. The van der Waals surface area contributed by atoms with E-state index in [-0.39, 0.29) is 5.57 Å². The number of carbonyl (C=O) groups excluding carboxylic acids is 1. The molecule has 25 heavy (non-hydrogen) atoms. The zero-order valence-corrected chi connectivity index (χ0v) is 14.4. The van der Waals surface area contributed by atoms with Crippen LogP contribution in [0.4, 0.5) is 0 Å². The number of methoxy groups -OCH3 is 1. The summed E-state index contributed by atoms with van der Waals surface area (Å²) in [4.78, 5) is 12.3. The molecule has 5 heteroatoms. The molecule has 0 atom stereocenters. The average molecular weight is 335 g/mol. The minimum atomic E-state index is -0.392. The average Bonchev–Trinajstić information content (AvgIpc) is 2.66. The lowest BCUT2D eigenvalue weighted by molar-refractivity contribution is -0.117. The second kappa shape index (κ2) is 9.14. The van der Waals surface area contributed by atoms with Crippen LogP contribution >= 0.6 is 0 Å². The Balaban J connectivity index is 2.01. The summed E-state index contributed by atoms with van der Waals surface area (Å²) in [6.07, 6.45) is 0. The lowest BCUT2D eigenvalue weighted by Gasteiger charge is -2.12. The van der Waals surface area contributed by atoms with Gasteiger partial charge >= 0.3 is 0 Å². The molecule has 0 heterocycles. The Morgan fingerprint density at radius 2 is 1.72 bits per heavy atom. The van der Waals surface area contributed by atoms with Crippen LogP contribution in [0.15, 0.2) is 65.9 Å². The van der Waals surface area contributed by atoms with Crippen LogP contribution in [-0.2, 0) is 17.9 Å². The van der Waals surface area contributed by atoms with Gasteiger partial charge in [0.15, 0.2) is 0 Å². The molecule has 0 saturated carbocycles. The lowest BCUT2D eigenvalue weighted by atomic mass is 10.1. The van der Waals surface area contributed by atoms with Crippen molar-refractivity contribution in [1.82, 2.24) is 10.6 Å². The van der Waals surface area contributed by atoms with Crippen molar-refractivity contribution in [2.75, 3.05) is 7.11 Å². The quantitative estimate of drug-likeness (QED) is 0.603. The van der Waals surface area contributed by atoms with Gasteiger partial charge in [0.2, 0.25) is 0 Å². The van der Waals surface area contributed by atoms with Crippen molar-refractivity contribution in [1.29, 1.82) is 5.26 Å². The predicted octanol–water partition coefficient (Wildman–Crippen LogP) is 2.90. The molecule has 0 radical (unpaired) electrons. The Morgan fingerprint density at radius 3 is 2.40 bits per heavy atom. The fourth-order valence-electron chi connectivity index (χ4n) is 2.34. The Hall–Kier alpha value is -3.26. The first-order valence-corrected chi connectivity index (χ1v) is 7.94. The molecule has 0 bridgehead atoms. The molecular weight excluding hydrogens is 314 g/mol. The van der Waals surface area contributed by atoms with Crippen molar-refractivity contribution in [2.24, 2.45) is 0 Å². The molecule has 0 aliphatic rings. The van der Waals surface area contributed by atoms with Crippen molar-refractivity contribution in [2.45, 2.75) is 20.0 Å². The van der Waals surface area contributed by atoms with E-state index in [2.05, 4.69) is 10.6 Å². The van der Waals surface area contributed by atoms with E-state index in [1.807, 2.05) is 60.7 Å². The van der Waals surface area contributed by atoms with Crippen molar-refractivity contribution in [3.63, 3.8) is 0 Å². The highest BCUT2D eigenvalue weighted by molar-refractivity contribution is 5.97. The van der Waals surface area contributed by atoms with Gasteiger partial charge in [-0.15, -0.1) is 0 Å². The lowest BCUT2D eigenvalue weighted by Crippen LogP contribution is -2.27. The van der Waals surface area contributed by atoms with Crippen LogP contribution in [0.2, 0.25) is 0 Å². The maximum atomic E-state index is 12.3. The van der Waals surface area contributed by atoms with E-state index in [1.54, 1.807) is 14.0 Å². The number of hydrogen-bond donors (Lipinski definition) is 2. The van der Waals surface area contributed by atoms with Gasteiger partial charge in [0.25, 0.3) is 5.91 Å². The maximum Gasteiger partial charge on any atom is 0.263 e. The van der Waals surface area contributed by atoms with E-state index in [0.717, 1.165) is 16.9 Å². The molecule has 0 aliphatic carbocycles. The molecule has 2 aromatic rings. The summed E-state index contributed by atoms with van der Waals surface area (Å²) in [7, 11) is 1.61. The maximum absolute atomic E-state index is 12.3. The molecule has 0 saturated heterocycles. The number of amides is 1. The third-order valence-corrected chi connectivity index (χ3v) is 3.75. The Bertz CT molecular complexity index is 792. The van der Waals surface area contributed by atoms with Gasteiger partial charge in [-0.3, -0.25) is 4.79 Å². The minimum Gasteiger partial charge on any atom is -0.496 e. The van der Waals surface area contributed by atoms with Crippen LogP contribution in [-0.4, -0.2) is 13.0 Å². The molecule has 0 spiro atoms. The second-order valence-electron chi connectivity index (χ2n) is 5.45. The molecular formula is C20H21N3O2. The minimum absolute atomic E-state index is 0.0748. The number of nitrogens with one attached hydrogen (secondary N) is 2. The molecule has 0 aromatic heterocycles. The number of hydrogen-bond acceptors (Lipinski definition) is 4. The largest absolute Gasteiger partial charge is 0.496 e. The normalized spacial score (nSPS) is 11.1. The molecule has 128 valence electrons. The van der Waals surface area contributed by atoms with Crippen LogP contribution < -0.4 is 15.4 Å². The van der Waals surface area contributed by atoms with Gasteiger partial charge in [0.05, 0.1) is 7.11 Å². The molecule has 5 nitrogen and oxygen atoms in total. The standard InChI is InChI=1S/C20H21N3O2/c1-15(22-14-17-10-6-7-11-19(17)25-2)18(12-21)20(24)23-13-16-8-4-3-5-9-16/h3-11,22H,13-14H2,1-2H3,(H,23,24)/b18-15-. The summed E-state index contributed by atoms with van der Waals surface area (Å²) >= 11 is 0. The Kier molecular flexibility index (Phi) is 6.61. The van der Waals surface area contributed by atoms with Crippen molar-refractivity contribution >= 4 is 5.91 Å². The van der Waals surface area contributed by atoms with E-state index in [0.29, 0.717) is 18.8 Å². The summed E-state index contributed by atoms with van der Waals surface area (Å²) in [5.74, 6) is 0.367. The first kappa shape index (κ1) is 18.1. The zero-order chi connectivity index (χ0) is 18.1. The van der Waals surface area contributed by atoms with Crippen LogP contribution in [0, 0.1) is 11.3 Å². The molecule has 2 rings (SSSR count). The third kappa shape index (κ3) is 5.11. The fraction of sp³-hybridized carbons (Fsp3) is 0.200. The number of benzene rings is 2. The molecule has 0 fully saturated rings. The third-order valence-electron chi connectivity index (χ3n) is 3.75. The van der Waals surface area contributed by atoms with E-state index in [9.17, 15) is 10.1 Å². The number of allylic oxidation sites excluding steroid dienone is 1. The van der Waals surface area contributed by atoms with Gasteiger partial charge in [0, 0.05) is 24.4 Å². The van der Waals surface area contributed by atoms with Gasteiger partial charge in [-0.25, -0.2) is 0 Å². The molecule has 0 unspecified atom stereocenters. The van der Waals surface area contributed by atoms with E-state index in [1.165, 1.54) is 0 Å². The van der Waals surface area contributed by atoms with Crippen molar-refractivity contribution in [3.8, 4) is 11.8 Å². The van der Waals surface area contributed by atoms with Crippen molar-refractivity contribution in [3.05, 3.63) is 77.0 Å². The topological polar surface area (TPSA) is 74.1 Å². The molecule has 2 N–H and O–H groups in total. The number of nitriles is 1. The number of nitrogens with zero attached hydrogens (tertiary/aromatic N) is 1. The number of rotatable bonds is 7. The smallest absolute Gasteiger partial charge is 0.263 e. The number of para-hydroxylation sites is 1. The zero-order valence-electron chi connectivity index (χ0n) is 14.4. The van der Waals surface area contributed by atoms with Crippen LogP contribution in [0.1, 0.15) is 18.1 Å². The Labute approximate surface area is 147 Å². The highest BCUT2D eigenvalue weighted by atomic mass is 16.5. The van der Waals surface area contributed by atoms with Gasteiger partial charge in [0.1, 0.15) is 17.4 Å². The van der Waals surface area contributed by atoms with Crippen molar-refractivity contribution < 1.29 is 9.53 Å². The first-order valence-electron chi connectivity index (χ1n) is 7.94. The highest BCUT2D eigenvalue weighted by Crippen LogP contribution is 2.17. The molecule has 0 aliphatic heterocycles. The van der Waals surface area contributed by atoms with Crippen LogP contribution in [0.3, 0.4) is 0 Å². The van der Waals surface area contributed by atoms with Gasteiger partial charge in [-0.2, -0.15) is 5.26 Å². The summed E-state index contributed by atoms with van der Waals surface area (Å²) < 4.78 is 5.30. The summed E-state index contributed by atoms with van der Waals surface area (Å²) in [5.41, 5.74) is 2.53. The monoisotopic (exact) mass is 335 g/mol. The summed E-state index contributed by atoms with van der Waals surface area (Å²) in [6, 6.07) is 19.1. The fourth-order valence-corrected chi connectivity index (χ4v) is 2.34. The van der Waals surface area contributed by atoms with Gasteiger partial charge in [-0.05, 0) is 18.6 Å². The first-order chi connectivity index (χ1) is 12.2. The molecule has 1 amide bonds. The molecule has 2 aromatic carbocycles.